The van der Waals surface area contributed by atoms with Crippen LogP contribution in [-0.4, -0.2) is 24.5 Å². The molecular formula is C17H10Cl2F8N2O2. The molecule has 0 saturated carbocycles. The summed E-state index contributed by atoms with van der Waals surface area (Å²) in [5.74, 6) is -2.94. The molecule has 2 N–H and O–H groups in total. The van der Waals surface area contributed by atoms with Gasteiger partial charge in [0.25, 0.3) is 6.17 Å². The second-order valence-corrected chi connectivity index (χ2v) is 6.65. The fourth-order valence-corrected chi connectivity index (χ4v) is 2.53. The third kappa shape index (κ3) is 6.26. The maximum atomic E-state index is 13.5. The molecule has 0 spiro atoms. The van der Waals surface area contributed by atoms with E-state index in [4.69, 9.17) is 23.2 Å². The summed E-state index contributed by atoms with van der Waals surface area (Å²) < 4.78 is 107. The van der Waals surface area contributed by atoms with Crippen molar-refractivity contribution in [1.82, 2.24) is 5.32 Å². The molecule has 0 aliphatic rings. The fraction of sp³-hybridized carbons (Fsp3) is 0.235. The van der Waals surface area contributed by atoms with Gasteiger partial charge in [-0.1, -0.05) is 29.3 Å². The Kier molecular flexibility index (Phi) is 7.48. The van der Waals surface area contributed by atoms with E-state index in [0.717, 1.165) is 24.3 Å². The molecule has 2 amide bonds. The first-order valence-electron chi connectivity index (χ1n) is 7.96. The number of rotatable bonds is 6. The number of amides is 2. The second-order valence-electron chi connectivity index (χ2n) is 5.84. The zero-order valence-electron chi connectivity index (χ0n) is 14.8. The SMILES string of the molecule is O=C(NCc1c(F)cccc1F)Nc1cc(Cl)c(OC(F)(F)C(F)C(F)(F)F)cc1Cl. The molecule has 170 valence electrons. The molecule has 0 bridgehead atoms. The van der Waals surface area contributed by atoms with Crippen LogP contribution in [0.3, 0.4) is 0 Å². The molecule has 2 rings (SSSR count). The Morgan fingerprint density at radius 1 is 1.03 bits per heavy atom. The van der Waals surface area contributed by atoms with E-state index in [-0.39, 0.29) is 5.69 Å². The highest BCUT2D eigenvalue weighted by atomic mass is 35.5. The summed E-state index contributed by atoms with van der Waals surface area (Å²) in [5, 5.41) is 2.93. The molecule has 2 aromatic rings. The zero-order chi connectivity index (χ0) is 23.6. The number of benzene rings is 2. The van der Waals surface area contributed by atoms with Crippen LogP contribution in [0.4, 0.5) is 45.6 Å². The van der Waals surface area contributed by atoms with Crippen molar-refractivity contribution < 1.29 is 44.7 Å². The minimum absolute atomic E-state index is 0.318. The Labute approximate surface area is 179 Å². The largest absolute Gasteiger partial charge is 0.439 e. The molecule has 0 aliphatic heterocycles. The maximum Gasteiger partial charge on any atom is 0.439 e. The Balaban J connectivity index is 2.10. The Morgan fingerprint density at radius 3 is 2.16 bits per heavy atom. The highest BCUT2D eigenvalue weighted by molar-refractivity contribution is 6.36. The molecule has 1 unspecified atom stereocenters. The van der Waals surface area contributed by atoms with Crippen LogP contribution >= 0.6 is 23.2 Å². The van der Waals surface area contributed by atoms with E-state index >= 15 is 0 Å². The predicted octanol–water partition coefficient (Wildman–Crippen LogP) is 6.47. The smallest absolute Gasteiger partial charge is 0.428 e. The first-order valence-corrected chi connectivity index (χ1v) is 8.72. The summed E-state index contributed by atoms with van der Waals surface area (Å²) in [6.45, 7) is -0.571. The summed E-state index contributed by atoms with van der Waals surface area (Å²) in [4.78, 5) is 11.9. The van der Waals surface area contributed by atoms with Crippen molar-refractivity contribution in [3.63, 3.8) is 0 Å². The summed E-state index contributed by atoms with van der Waals surface area (Å²) >= 11 is 11.4. The highest BCUT2D eigenvalue weighted by Crippen LogP contribution is 2.41. The third-order valence-electron chi connectivity index (χ3n) is 3.59. The van der Waals surface area contributed by atoms with E-state index in [0.29, 0.717) is 6.07 Å². The number of halogens is 10. The van der Waals surface area contributed by atoms with Gasteiger partial charge in [-0.3, -0.25) is 0 Å². The van der Waals surface area contributed by atoms with Gasteiger partial charge < -0.3 is 15.4 Å². The normalized spacial score (nSPS) is 13.0. The summed E-state index contributed by atoms with van der Waals surface area (Å²) in [5.41, 5.74) is -0.764. The van der Waals surface area contributed by atoms with Crippen molar-refractivity contribution in [2.24, 2.45) is 0 Å². The van der Waals surface area contributed by atoms with Crippen molar-refractivity contribution in [3.8, 4) is 5.75 Å². The first-order chi connectivity index (χ1) is 14.2. The number of nitrogens with one attached hydrogen (secondary N) is 2. The van der Waals surface area contributed by atoms with E-state index in [2.05, 4.69) is 15.4 Å². The van der Waals surface area contributed by atoms with Crippen LogP contribution in [0.25, 0.3) is 0 Å². The molecule has 1 atom stereocenters. The number of urea groups is 1. The van der Waals surface area contributed by atoms with Crippen LogP contribution in [0.15, 0.2) is 30.3 Å². The molecule has 2 aromatic carbocycles. The Morgan fingerprint density at radius 2 is 1.61 bits per heavy atom. The molecule has 0 aromatic heterocycles. The van der Waals surface area contributed by atoms with Gasteiger partial charge in [0, 0.05) is 11.6 Å². The highest BCUT2D eigenvalue weighted by Gasteiger charge is 2.59. The molecule has 0 heterocycles. The van der Waals surface area contributed by atoms with Crippen LogP contribution < -0.4 is 15.4 Å². The van der Waals surface area contributed by atoms with E-state index in [1.165, 1.54) is 0 Å². The van der Waals surface area contributed by atoms with Gasteiger partial charge >= 0.3 is 18.3 Å². The van der Waals surface area contributed by atoms with Crippen molar-refractivity contribution in [1.29, 1.82) is 0 Å². The molecule has 0 fully saturated rings. The summed E-state index contributed by atoms with van der Waals surface area (Å²) in [6, 6.07) is 3.25. The number of carbonyl (C=O) groups is 1. The van der Waals surface area contributed by atoms with Crippen LogP contribution in [0.1, 0.15) is 5.56 Å². The van der Waals surface area contributed by atoms with Crippen molar-refractivity contribution in [2.45, 2.75) is 25.0 Å². The lowest BCUT2D eigenvalue weighted by molar-refractivity contribution is -0.304. The average molecular weight is 497 g/mol. The van der Waals surface area contributed by atoms with Gasteiger partial charge in [0.15, 0.2) is 0 Å². The lowest BCUT2D eigenvalue weighted by atomic mass is 10.2. The van der Waals surface area contributed by atoms with Gasteiger partial charge in [-0.05, 0) is 18.2 Å². The van der Waals surface area contributed by atoms with Crippen LogP contribution in [-0.2, 0) is 6.54 Å². The van der Waals surface area contributed by atoms with Gasteiger partial charge in [0.1, 0.15) is 17.4 Å². The number of alkyl halides is 6. The number of hydrogen-bond acceptors (Lipinski definition) is 2. The molecule has 0 saturated heterocycles. The van der Waals surface area contributed by atoms with Gasteiger partial charge in [0.2, 0.25) is 0 Å². The monoisotopic (exact) mass is 496 g/mol. The second kappa shape index (κ2) is 9.35. The summed E-state index contributed by atoms with van der Waals surface area (Å²) in [7, 11) is 0. The minimum atomic E-state index is -5.91. The van der Waals surface area contributed by atoms with Gasteiger partial charge in [0.05, 0.1) is 22.3 Å². The van der Waals surface area contributed by atoms with Gasteiger partial charge in [-0.15, -0.1) is 0 Å². The summed E-state index contributed by atoms with van der Waals surface area (Å²) in [6.07, 6.45) is -15.9. The fourth-order valence-electron chi connectivity index (χ4n) is 2.13. The van der Waals surface area contributed by atoms with Gasteiger partial charge in [-0.2, -0.15) is 22.0 Å². The van der Waals surface area contributed by atoms with E-state index in [1.807, 2.05) is 0 Å². The molecule has 4 nitrogen and oxygen atoms in total. The van der Waals surface area contributed by atoms with Gasteiger partial charge in [-0.25, -0.2) is 18.0 Å². The standard InChI is InChI=1S/C17H10Cl2F8N2O2/c18-8-5-13(31-17(26,27)14(22)16(23,24)25)9(19)4-12(8)29-15(30)28-6-7-10(20)2-1-3-11(7)21/h1-5,14H,6H2,(H2,28,29,30). The average Bonchev–Trinajstić information content (AvgIpc) is 2.63. The quantitative estimate of drug-likeness (QED) is 0.450. The lowest BCUT2D eigenvalue weighted by Crippen LogP contribution is -2.45. The van der Waals surface area contributed by atoms with Crippen LogP contribution in [0.5, 0.6) is 5.75 Å². The number of ether oxygens (including phenoxy) is 1. The molecule has 14 heteroatoms. The topological polar surface area (TPSA) is 50.4 Å². The third-order valence-corrected chi connectivity index (χ3v) is 4.19. The molecule has 0 radical (unpaired) electrons. The molecule has 31 heavy (non-hydrogen) atoms. The Hall–Kier alpha value is -2.47. The van der Waals surface area contributed by atoms with Crippen molar-refractivity contribution in [3.05, 3.63) is 57.6 Å². The zero-order valence-corrected chi connectivity index (χ0v) is 16.3. The van der Waals surface area contributed by atoms with Crippen LogP contribution in [0.2, 0.25) is 10.0 Å². The first kappa shape index (κ1) is 24.8. The number of anilines is 1. The number of carbonyl (C=O) groups excluding carboxylic acids is 1. The maximum absolute atomic E-state index is 13.5. The van der Waals surface area contributed by atoms with E-state index in [9.17, 15) is 39.9 Å². The van der Waals surface area contributed by atoms with Crippen molar-refractivity contribution >= 4 is 34.9 Å². The van der Waals surface area contributed by atoms with Crippen molar-refractivity contribution in [2.75, 3.05) is 5.32 Å². The Bertz CT molecular complexity index is 952. The lowest BCUT2D eigenvalue weighted by Gasteiger charge is -2.24. The number of hydrogen-bond donors (Lipinski definition) is 2. The molecule has 0 aliphatic carbocycles. The van der Waals surface area contributed by atoms with E-state index < -0.39 is 64.0 Å². The minimum Gasteiger partial charge on any atom is -0.428 e. The van der Waals surface area contributed by atoms with Crippen LogP contribution in [0, 0.1) is 11.6 Å². The predicted molar refractivity (Wildman–Crippen MR) is 95.2 cm³/mol. The molecular weight excluding hydrogens is 487 g/mol. The van der Waals surface area contributed by atoms with E-state index in [1.54, 1.807) is 0 Å².